The first-order valence-corrected chi connectivity index (χ1v) is 9.64. The van der Waals surface area contributed by atoms with E-state index in [1.807, 2.05) is 38.1 Å². The second-order valence-corrected chi connectivity index (χ2v) is 6.22. The number of amides is 1. The van der Waals surface area contributed by atoms with Gasteiger partial charge in [0, 0.05) is 32.0 Å². The zero-order chi connectivity index (χ0) is 20.9. The third-order valence-corrected chi connectivity index (χ3v) is 3.87. The number of para-hydroxylation sites is 2. The van der Waals surface area contributed by atoms with Gasteiger partial charge in [-0.1, -0.05) is 12.1 Å². The van der Waals surface area contributed by atoms with Crippen molar-refractivity contribution >= 4 is 35.8 Å². The molecule has 1 heterocycles. The highest BCUT2D eigenvalue weighted by Gasteiger charge is 2.09. The lowest BCUT2D eigenvalue weighted by Gasteiger charge is -2.16. The fourth-order valence-corrected chi connectivity index (χ4v) is 2.49. The number of carbonyl (C=O) groups is 1. The number of rotatable bonds is 10. The Hall–Kier alpha value is -2.56. The van der Waals surface area contributed by atoms with Gasteiger partial charge in [0.15, 0.2) is 17.5 Å². The zero-order valence-corrected chi connectivity index (χ0v) is 19.9. The number of benzene rings is 1. The summed E-state index contributed by atoms with van der Waals surface area (Å²) in [6.45, 7) is 6.15. The van der Waals surface area contributed by atoms with Crippen LogP contribution >= 0.6 is 24.0 Å². The van der Waals surface area contributed by atoms with Gasteiger partial charge in [-0.05, 0) is 38.1 Å². The second-order valence-electron chi connectivity index (χ2n) is 6.22. The van der Waals surface area contributed by atoms with Crippen molar-refractivity contribution in [1.82, 2.24) is 20.9 Å². The molecule has 2 aromatic rings. The molecular weight excluding hydrogens is 497 g/mol. The number of aliphatic imine (C=N–C) groups is 1. The van der Waals surface area contributed by atoms with Gasteiger partial charge in [-0.3, -0.25) is 9.78 Å². The molecule has 1 amide bonds. The van der Waals surface area contributed by atoms with Crippen LogP contribution in [0.2, 0.25) is 0 Å². The van der Waals surface area contributed by atoms with E-state index in [9.17, 15) is 4.79 Å². The lowest BCUT2D eigenvalue weighted by Crippen LogP contribution is -2.42. The van der Waals surface area contributed by atoms with E-state index in [4.69, 9.17) is 9.47 Å². The molecule has 164 valence electrons. The third kappa shape index (κ3) is 8.85. The van der Waals surface area contributed by atoms with Crippen LogP contribution in [0.25, 0.3) is 0 Å². The Bertz CT molecular complexity index is 789. The van der Waals surface area contributed by atoms with Crippen molar-refractivity contribution in [2.75, 3.05) is 33.3 Å². The summed E-state index contributed by atoms with van der Waals surface area (Å²) in [5.74, 6) is 1.89. The van der Waals surface area contributed by atoms with Crippen LogP contribution in [0.3, 0.4) is 0 Å². The molecule has 0 radical (unpaired) electrons. The highest BCUT2D eigenvalue weighted by atomic mass is 127. The number of aromatic nitrogens is 1. The number of methoxy groups -OCH3 is 1. The van der Waals surface area contributed by atoms with Crippen LogP contribution in [-0.4, -0.2) is 56.2 Å². The molecule has 0 fully saturated rings. The van der Waals surface area contributed by atoms with Gasteiger partial charge in [0.2, 0.25) is 0 Å². The second kappa shape index (κ2) is 14.4. The van der Waals surface area contributed by atoms with Crippen LogP contribution < -0.4 is 25.4 Å². The fourth-order valence-electron chi connectivity index (χ4n) is 2.49. The van der Waals surface area contributed by atoms with Crippen molar-refractivity contribution in [3.63, 3.8) is 0 Å². The number of nitrogens with zero attached hydrogens (tertiary/aromatic N) is 2. The van der Waals surface area contributed by atoms with E-state index >= 15 is 0 Å². The smallest absolute Gasteiger partial charge is 0.252 e. The van der Waals surface area contributed by atoms with Crippen LogP contribution in [0.15, 0.2) is 53.8 Å². The molecule has 0 bridgehead atoms. The van der Waals surface area contributed by atoms with E-state index in [1.165, 1.54) is 6.20 Å². The Balaban J connectivity index is 0.00000450. The van der Waals surface area contributed by atoms with Crippen molar-refractivity contribution in [3.8, 4) is 11.5 Å². The Morgan fingerprint density at radius 2 is 1.83 bits per heavy atom. The molecule has 8 nitrogen and oxygen atoms in total. The van der Waals surface area contributed by atoms with Crippen LogP contribution in [0.5, 0.6) is 11.5 Å². The first-order chi connectivity index (χ1) is 14.1. The van der Waals surface area contributed by atoms with Gasteiger partial charge >= 0.3 is 0 Å². The van der Waals surface area contributed by atoms with E-state index in [2.05, 4.69) is 25.9 Å². The molecular formula is C21H30IN5O3. The average Bonchev–Trinajstić information content (AvgIpc) is 2.75. The number of hydrogen-bond acceptors (Lipinski definition) is 5. The van der Waals surface area contributed by atoms with E-state index in [1.54, 1.807) is 25.4 Å². The molecule has 9 heteroatoms. The summed E-state index contributed by atoms with van der Waals surface area (Å²) in [4.78, 5) is 20.5. The van der Waals surface area contributed by atoms with Crippen LogP contribution in [0.4, 0.5) is 0 Å². The molecule has 2 rings (SSSR count). The first kappa shape index (κ1) is 25.5. The number of ether oxygens (including phenoxy) is 2. The first-order valence-electron chi connectivity index (χ1n) is 9.64. The van der Waals surface area contributed by atoms with Gasteiger partial charge in [-0.25, -0.2) is 4.99 Å². The van der Waals surface area contributed by atoms with Gasteiger partial charge in [0.1, 0.15) is 6.10 Å². The molecule has 0 saturated heterocycles. The SMILES string of the molecule is CCNC(=NCC(C)Oc1ccccc1OC)NCCNC(=O)c1cccnc1.I. The van der Waals surface area contributed by atoms with Gasteiger partial charge in [0.05, 0.1) is 19.2 Å². The molecule has 0 spiro atoms. The highest BCUT2D eigenvalue weighted by molar-refractivity contribution is 14.0. The Morgan fingerprint density at radius 3 is 2.50 bits per heavy atom. The van der Waals surface area contributed by atoms with Gasteiger partial charge < -0.3 is 25.4 Å². The maximum atomic E-state index is 12.0. The topological polar surface area (TPSA) is 96.9 Å². The average molecular weight is 527 g/mol. The number of guanidine groups is 1. The fraction of sp³-hybridized carbons (Fsp3) is 0.381. The van der Waals surface area contributed by atoms with Crippen molar-refractivity contribution in [3.05, 3.63) is 54.4 Å². The lowest BCUT2D eigenvalue weighted by atomic mass is 10.3. The maximum Gasteiger partial charge on any atom is 0.252 e. The molecule has 0 aliphatic rings. The Labute approximate surface area is 194 Å². The van der Waals surface area contributed by atoms with Crippen LogP contribution in [0, 0.1) is 0 Å². The summed E-state index contributed by atoms with van der Waals surface area (Å²) in [5, 5.41) is 9.22. The van der Waals surface area contributed by atoms with Crippen LogP contribution in [-0.2, 0) is 0 Å². The predicted molar refractivity (Wildman–Crippen MR) is 129 cm³/mol. The van der Waals surface area contributed by atoms with Gasteiger partial charge in [-0.2, -0.15) is 0 Å². The third-order valence-electron chi connectivity index (χ3n) is 3.87. The van der Waals surface area contributed by atoms with Gasteiger partial charge in [0.25, 0.3) is 5.91 Å². The molecule has 1 aromatic heterocycles. The summed E-state index contributed by atoms with van der Waals surface area (Å²) in [5.41, 5.74) is 0.537. The number of pyridine rings is 1. The van der Waals surface area contributed by atoms with Crippen molar-refractivity contribution < 1.29 is 14.3 Å². The number of halogens is 1. The largest absolute Gasteiger partial charge is 0.493 e. The highest BCUT2D eigenvalue weighted by Crippen LogP contribution is 2.26. The van der Waals surface area contributed by atoms with Crippen molar-refractivity contribution in [2.24, 2.45) is 4.99 Å². The molecule has 0 aliphatic carbocycles. The summed E-state index contributed by atoms with van der Waals surface area (Å²) in [6, 6.07) is 11.0. The minimum absolute atomic E-state index is 0. The lowest BCUT2D eigenvalue weighted by molar-refractivity contribution is 0.0954. The quantitative estimate of drug-likeness (QED) is 0.190. The van der Waals surface area contributed by atoms with Crippen molar-refractivity contribution in [2.45, 2.75) is 20.0 Å². The maximum absolute atomic E-state index is 12.0. The molecule has 0 aliphatic heterocycles. The summed E-state index contributed by atoms with van der Waals surface area (Å²) < 4.78 is 11.2. The monoisotopic (exact) mass is 527 g/mol. The number of hydrogen-bond donors (Lipinski definition) is 3. The predicted octanol–water partition coefficient (Wildman–Crippen LogP) is 2.46. The molecule has 1 aromatic carbocycles. The molecule has 1 atom stereocenters. The molecule has 0 saturated carbocycles. The Morgan fingerprint density at radius 1 is 1.10 bits per heavy atom. The molecule has 30 heavy (non-hydrogen) atoms. The minimum Gasteiger partial charge on any atom is -0.493 e. The number of nitrogens with one attached hydrogen (secondary N) is 3. The van der Waals surface area contributed by atoms with Crippen LogP contribution in [0.1, 0.15) is 24.2 Å². The minimum atomic E-state index is -0.152. The molecule has 1 unspecified atom stereocenters. The summed E-state index contributed by atoms with van der Waals surface area (Å²) in [6.07, 6.45) is 3.04. The van der Waals surface area contributed by atoms with E-state index in [-0.39, 0.29) is 36.0 Å². The zero-order valence-electron chi connectivity index (χ0n) is 17.6. The van der Waals surface area contributed by atoms with E-state index in [0.29, 0.717) is 42.7 Å². The van der Waals surface area contributed by atoms with E-state index < -0.39 is 0 Å². The normalized spacial score (nSPS) is 11.6. The van der Waals surface area contributed by atoms with Gasteiger partial charge in [-0.15, -0.1) is 24.0 Å². The number of carbonyl (C=O) groups excluding carboxylic acids is 1. The summed E-state index contributed by atoms with van der Waals surface area (Å²) in [7, 11) is 1.62. The standard InChI is InChI=1S/C21H29N5O3.HI/c1-4-23-21(25-13-12-24-20(27)17-8-7-11-22-15-17)26-14-16(2)29-19-10-6-5-9-18(19)28-3;/h5-11,15-16H,4,12-14H2,1-3H3,(H,24,27)(H2,23,25,26);1H. The Kier molecular flexibility index (Phi) is 12.3. The summed E-state index contributed by atoms with van der Waals surface area (Å²) >= 11 is 0. The van der Waals surface area contributed by atoms with E-state index in [0.717, 1.165) is 6.54 Å². The molecule has 3 N–H and O–H groups in total. The van der Waals surface area contributed by atoms with Crippen molar-refractivity contribution in [1.29, 1.82) is 0 Å².